The lowest BCUT2D eigenvalue weighted by atomic mass is 9.91. The maximum Gasteiger partial charge on any atom is 0.118 e. The van der Waals surface area contributed by atoms with Gasteiger partial charge in [0.15, 0.2) is 0 Å². The van der Waals surface area contributed by atoms with Crippen molar-refractivity contribution in [3.05, 3.63) is 23.0 Å². The molecule has 0 spiro atoms. The molecule has 0 amide bonds. The molecular weight excluding hydrogens is 178 g/mol. The first-order valence-corrected chi connectivity index (χ1v) is 5.06. The maximum absolute atomic E-state index is 9.76. The Hall–Kier alpha value is -0.800. The number of aliphatic hydroxyl groups is 2. The summed E-state index contributed by atoms with van der Waals surface area (Å²) >= 11 is 0. The van der Waals surface area contributed by atoms with E-state index in [1.165, 1.54) is 0 Å². The van der Waals surface area contributed by atoms with Gasteiger partial charge >= 0.3 is 0 Å². The molecule has 0 aromatic carbocycles. The Labute approximate surface area is 85.1 Å². The quantitative estimate of drug-likeness (QED) is 0.597. The van der Waals surface area contributed by atoms with Crippen molar-refractivity contribution in [3.8, 4) is 0 Å². The fraction of sp³-hybridized carbons (Fsp3) is 0.636. The predicted octanol–water partition coefficient (Wildman–Crippen LogP) is 1.37. The molecule has 3 N–H and O–H groups in total. The summed E-state index contributed by atoms with van der Waals surface area (Å²) in [7, 11) is 0. The average Bonchev–Trinajstić information content (AvgIpc) is 2.13. The van der Waals surface area contributed by atoms with E-state index in [0.29, 0.717) is 24.8 Å². The van der Waals surface area contributed by atoms with Gasteiger partial charge in [0, 0.05) is 18.7 Å². The lowest BCUT2D eigenvalue weighted by Gasteiger charge is -2.20. The van der Waals surface area contributed by atoms with Crippen LogP contribution in [0, 0.1) is 5.92 Å². The molecule has 0 aromatic rings. The third-order valence-electron chi connectivity index (χ3n) is 2.43. The van der Waals surface area contributed by atoms with Crippen molar-refractivity contribution in [3.63, 3.8) is 0 Å². The summed E-state index contributed by atoms with van der Waals surface area (Å²) in [4.78, 5) is 0. The first kappa shape index (κ1) is 11.3. The van der Waals surface area contributed by atoms with E-state index >= 15 is 0 Å². The van der Waals surface area contributed by atoms with Gasteiger partial charge in [-0.2, -0.15) is 0 Å². The van der Waals surface area contributed by atoms with Gasteiger partial charge in [0.1, 0.15) is 5.76 Å². The van der Waals surface area contributed by atoms with Crippen molar-refractivity contribution in [2.24, 2.45) is 5.92 Å². The largest absolute Gasteiger partial charge is 0.508 e. The molecule has 0 fully saturated rings. The van der Waals surface area contributed by atoms with Crippen molar-refractivity contribution < 1.29 is 10.2 Å². The van der Waals surface area contributed by atoms with Crippen LogP contribution in [0.15, 0.2) is 23.0 Å². The second kappa shape index (κ2) is 5.17. The molecule has 1 atom stereocenters. The topological polar surface area (TPSA) is 52.5 Å². The van der Waals surface area contributed by atoms with E-state index in [4.69, 9.17) is 5.11 Å². The number of aliphatic hydroxyl groups excluding tert-OH is 2. The number of nitrogens with one attached hydrogen (secondary N) is 1. The van der Waals surface area contributed by atoms with Crippen molar-refractivity contribution in [2.45, 2.75) is 20.3 Å². The van der Waals surface area contributed by atoms with Crippen molar-refractivity contribution >= 4 is 0 Å². The molecule has 0 aromatic heterocycles. The minimum Gasteiger partial charge on any atom is -0.508 e. The minimum absolute atomic E-state index is 0.131. The van der Waals surface area contributed by atoms with Gasteiger partial charge in [-0.15, -0.1) is 0 Å². The highest BCUT2D eigenvalue weighted by molar-refractivity contribution is 5.34. The van der Waals surface area contributed by atoms with Crippen molar-refractivity contribution in [1.82, 2.24) is 5.32 Å². The molecule has 1 unspecified atom stereocenters. The first-order chi connectivity index (χ1) is 6.65. The Kier molecular flexibility index (Phi) is 4.17. The molecule has 1 rings (SSSR count). The lowest BCUT2D eigenvalue weighted by Crippen LogP contribution is -2.23. The Morgan fingerprint density at radius 3 is 2.93 bits per heavy atom. The smallest absolute Gasteiger partial charge is 0.118 e. The molecule has 0 saturated heterocycles. The molecule has 0 aliphatic heterocycles. The first-order valence-electron chi connectivity index (χ1n) is 5.06. The van der Waals surface area contributed by atoms with Crippen LogP contribution in [0.25, 0.3) is 0 Å². The van der Waals surface area contributed by atoms with Crippen molar-refractivity contribution in [1.29, 1.82) is 0 Å². The third-order valence-corrected chi connectivity index (χ3v) is 2.43. The third kappa shape index (κ3) is 2.86. The summed E-state index contributed by atoms with van der Waals surface area (Å²) in [6.07, 6.45) is 3.03. The van der Waals surface area contributed by atoms with E-state index in [0.717, 1.165) is 17.6 Å². The Balaban J connectivity index is 2.57. The van der Waals surface area contributed by atoms with Gasteiger partial charge in [-0.05, 0) is 24.8 Å². The van der Waals surface area contributed by atoms with Gasteiger partial charge in [0.05, 0.1) is 6.61 Å². The van der Waals surface area contributed by atoms with Gasteiger partial charge in [-0.1, -0.05) is 13.0 Å². The SMILES string of the molecule is CC1=C(O)C(CNCCO)=CC(C)C1. The average molecular weight is 197 g/mol. The summed E-state index contributed by atoms with van der Waals surface area (Å²) in [6.45, 7) is 5.44. The van der Waals surface area contributed by atoms with E-state index in [2.05, 4.69) is 18.3 Å². The van der Waals surface area contributed by atoms with E-state index in [1.54, 1.807) is 0 Å². The molecule has 1 aliphatic carbocycles. The molecule has 0 saturated carbocycles. The van der Waals surface area contributed by atoms with Crippen LogP contribution in [0.1, 0.15) is 20.3 Å². The van der Waals surface area contributed by atoms with E-state index in [-0.39, 0.29) is 6.61 Å². The highest BCUT2D eigenvalue weighted by atomic mass is 16.3. The highest BCUT2D eigenvalue weighted by Crippen LogP contribution is 2.26. The van der Waals surface area contributed by atoms with Crippen LogP contribution in [-0.2, 0) is 0 Å². The van der Waals surface area contributed by atoms with Crippen LogP contribution in [0.3, 0.4) is 0 Å². The Morgan fingerprint density at radius 1 is 1.57 bits per heavy atom. The second-order valence-electron chi connectivity index (χ2n) is 3.90. The molecule has 0 radical (unpaired) electrons. The number of hydrogen-bond acceptors (Lipinski definition) is 3. The Bertz CT molecular complexity index is 256. The number of hydrogen-bond donors (Lipinski definition) is 3. The van der Waals surface area contributed by atoms with Crippen LogP contribution >= 0.6 is 0 Å². The fourth-order valence-electron chi connectivity index (χ4n) is 1.78. The fourth-order valence-corrected chi connectivity index (χ4v) is 1.78. The van der Waals surface area contributed by atoms with Crippen LogP contribution in [0.4, 0.5) is 0 Å². The van der Waals surface area contributed by atoms with Crippen molar-refractivity contribution in [2.75, 3.05) is 19.7 Å². The van der Waals surface area contributed by atoms with Gasteiger partial charge in [0.25, 0.3) is 0 Å². The molecule has 0 heterocycles. The maximum atomic E-state index is 9.76. The molecule has 3 heteroatoms. The molecule has 14 heavy (non-hydrogen) atoms. The highest BCUT2D eigenvalue weighted by Gasteiger charge is 2.15. The summed E-state index contributed by atoms with van der Waals surface area (Å²) in [5.41, 5.74) is 2.01. The molecule has 80 valence electrons. The Morgan fingerprint density at radius 2 is 2.29 bits per heavy atom. The van der Waals surface area contributed by atoms with E-state index in [1.807, 2.05) is 6.92 Å². The summed E-state index contributed by atoms with van der Waals surface area (Å²) in [5, 5.41) is 21.4. The normalized spacial score (nSPS) is 22.5. The zero-order chi connectivity index (χ0) is 10.6. The van der Waals surface area contributed by atoms with E-state index < -0.39 is 0 Å². The summed E-state index contributed by atoms with van der Waals surface area (Å²) in [6, 6.07) is 0. The second-order valence-corrected chi connectivity index (χ2v) is 3.90. The van der Waals surface area contributed by atoms with Gasteiger partial charge in [-0.3, -0.25) is 0 Å². The van der Waals surface area contributed by atoms with Gasteiger partial charge in [0.2, 0.25) is 0 Å². The van der Waals surface area contributed by atoms with Crippen LogP contribution in [-0.4, -0.2) is 29.9 Å². The monoisotopic (exact) mass is 197 g/mol. The number of rotatable bonds is 4. The van der Waals surface area contributed by atoms with Gasteiger partial charge < -0.3 is 15.5 Å². The summed E-state index contributed by atoms with van der Waals surface area (Å²) in [5.74, 6) is 0.922. The standard InChI is InChI=1S/C11H19NO2/c1-8-5-9(2)11(14)10(6-8)7-12-3-4-13/h6,8,12-14H,3-5,7H2,1-2H3. The van der Waals surface area contributed by atoms with E-state index in [9.17, 15) is 5.11 Å². The van der Waals surface area contributed by atoms with Gasteiger partial charge in [-0.25, -0.2) is 0 Å². The van der Waals surface area contributed by atoms with Crippen LogP contribution in [0.5, 0.6) is 0 Å². The molecular formula is C11H19NO2. The zero-order valence-electron chi connectivity index (χ0n) is 8.88. The molecule has 1 aliphatic rings. The number of allylic oxidation sites excluding steroid dienone is 2. The van der Waals surface area contributed by atoms with Crippen LogP contribution in [0.2, 0.25) is 0 Å². The zero-order valence-corrected chi connectivity index (χ0v) is 8.88. The molecule has 3 nitrogen and oxygen atoms in total. The lowest BCUT2D eigenvalue weighted by molar-refractivity contribution is 0.293. The minimum atomic E-state index is 0.131. The predicted molar refractivity (Wildman–Crippen MR) is 57.1 cm³/mol. The summed E-state index contributed by atoms with van der Waals surface area (Å²) < 4.78 is 0. The van der Waals surface area contributed by atoms with Crippen LogP contribution < -0.4 is 5.32 Å². The molecule has 0 bridgehead atoms.